The molecule has 1 aliphatic rings. The molecule has 3 rings (SSSR count). The van der Waals surface area contributed by atoms with Gasteiger partial charge in [-0.15, -0.1) is 0 Å². The maximum atomic E-state index is 12.0. The van der Waals surface area contributed by atoms with Crippen molar-refractivity contribution >= 4 is 23.8 Å². The first-order valence-corrected chi connectivity index (χ1v) is 13.4. The van der Waals surface area contributed by atoms with Crippen LogP contribution in [0.4, 0.5) is 0 Å². The Morgan fingerprint density at radius 1 is 1.00 bits per heavy atom. The van der Waals surface area contributed by atoms with E-state index in [1.54, 1.807) is 0 Å². The lowest BCUT2D eigenvalue weighted by Gasteiger charge is -2.33. The molecular weight excluding hydrogens is 423 g/mol. The van der Waals surface area contributed by atoms with Crippen LogP contribution in [0.15, 0.2) is 126 Å². The minimum absolute atomic E-state index is 0.0158. The van der Waals surface area contributed by atoms with Gasteiger partial charge in [-0.2, -0.15) is 0 Å². The minimum atomic E-state index is -2.05. The topological polar surface area (TPSA) is 26.3 Å². The standard InChI is InChI=1S/C30H32O2P/c1-4-32-26(3)15-13-14-25(2)22-23-33(28-17-7-5-8-18-28,29-19-9-6-10-20-29)30-21-12-11-16-27(30)24-31/h5-22,30H,4,23H2,1-3H3/q+1. The number of hydrogen-bond donors (Lipinski definition) is 0. The van der Waals surface area contributed by atoms with E-state index in [2.05, 4.69) is 85.7 Å². The second kappa shape index (κ2) is 12.2. The molecule has 0 heterocycles. The molecule has 168 valence electrons. The third kappa shape index (κ3) is 5.99. The van der Waals surface area contributed by atoms with Gasteiger partial charge in [0, 0.05) is 0 Å². The van der Waals surface area contributed by atoms with Crippen molar-refractivity contribution in [3.05, 3.63) is 126 Å². The summed E-state index contributed by atoms with van der Waals surface area (Å²) in [5.41, 5.74) is 1.88. The smallest absolute Gasteiger partial charge is 0.133 e. The highest BCUT2D eigenvalue weighted by atomic mass is 31.2. The molecule has 0 amide bonds. The van der Waals surface area contributed by atoms with E-state index in [-0.39, 0.29) is 5.66 Å². The Hall–Kier alpha value is -3.18. The van der Waals surface area contributed by atoms with Gasteiger partial charge in [-0.25, -0.2) is 4.79 Å². The van der Waals surface area contributed by atoms with Crippen LogP contribution in [-0.2, 0) is 9.53 Å². The quantitative estimate of drug-likeness (QED) is 0.191. The van der Waals surface area contributed by atoms with Crippen molar-refractivity contribution in [1.29, 1.82) is 0 Å². The lowest BCUT2D eigenvalue weighted by Crippen LogP contribution is -2.34. The summed E-state index contributed by atoms with van der Waals surface area (Å²) in [6, 6.07) is 21.3. The highest BCUT2D eigenvalue weighted by Crippen LogP contribution is 2.63. The summed E-state index contributed by atoms with van der Waals surface area (Å²) < 4.78 is 5.50. The number of carbonyl (C=O) groups excluding carboxylic acids is 1. The van der Waals surface area contributed by atoms with E-state index in [4.69, 9.17) is 4.74 Å². The number of ether oxygens (including phenoxy) is 1. The lowest BCUT2D eigenvalue weighted by molar-refractivity contribution is 0.231. The number of allylic oxidation sites excluding steroid dienone is 11. The van der Waals surface area contributed by atoms with Gasteiger partial charge < -0.3 is 4.74 Å². The summed E-state index contributed by atoms with van der Waals surface area (Å²) in [6.45, 7) is 6.74. The molecule has 0 saturated heterocycles. The molecule has 0 spiro atoms. The van der Waals surface area contributed by atoms with Crippen molar-refractivity contribution in [3.8, 4) is 0 Å². The second-order valence-electron chi connectivity index (χ2n) is 7.99. The number of hydrogen-bond acceptors (Lipinski definition) is 2. The van der Waals surface area contributed by atoms with Gasteiger partial charge in [-0.3, -0.25) is 0 Å². The van der Waals surface area contributed by atoms with Gasteiger partial charge in [0.2, 0.25) is 0 Å². The zero-order valence-electron chi connectivity index (χ0n) is 19.6. The fourth-order valence-corrected chi connectivity index (χ4v) is 8.74. The predicted molar refractivity (Wildman–Crippen MR) is 143 cm³/mol. The summed E-state index contributed by atoms with van der Waals surface area (Å²) in [7, 11) is -2.05. The van der Waals surface area contributed by atoms with Crippen LogP contribution in [0.5, 0.6) is 0 Å². The first kappa shape index (κ1) is 24.5. The third-order valence-electron chi connectivity index (χ3n) is 5.79. The van der Waals surface area contributed by atoms with Gasteiger partial charge in [0.05, 0.1) is 31.4 Å². The van der Waals surface area contributed by atoms with Crippen molar-refractivity contribution < 1.29 is 9.53 Å². The van der Waals surface area contributed by atoms with Crippen LogP contribution >= 0.6 is 7.26 Å². The largest absolute Gasteiger partial charge is 0.499 e. The molecule has 0 radical (unpaired) electrons. The van der Waals surface area contributed by atoms with Gasteiger partial charge in [-0.1, -0.05) is 66.3 Å². The second-order valence-corrected chi connectivity index (χ2v) is 11.7. The third-order valence-corrected chi connectivity index (χ3v) is 10.4. The Bertz CT molecular complexity index is 1070. The van der Waals surface area contributed by atoms with Crippen LogP contribution in [-0.4, -0.2) is 24.4 Å². The molecule has 33 heavy (non-hydrogen) atoms. The molecule has 0 bridgehead atoms. The zero-order chi connectivity index (χ0) is 23.5. The summed E-state index contributed by atoms with van der Waals surface area (Å²) in [5, 5.41) is 2.57. The monoisotopic (exact) mass is 455 g/mol. The molecule has 1 atom stereocenters. The Kier molecular flexibility index (Phi) is 9.02. The van der Waals surface area contributed by atoms with Crippen molar-refractivity contribution in [2.75, 3.05) is 12.8 Å². The van der Waals surface area contributed by atoms with E-state index in [9.17, 15) is 4.79 Å². The molecule has 1 unspecified atom stereocenters. The normalized spacial score (nSPS) is 16.8. The van der Waals surface area contributed by atoms with E-state index in [0.29, 0.717) is 6.61 Å². The van der Waals surface area contributed by atoms with Crippen LogP contribution in [0, 0.1) is 0 Å². The average Bonchev–Trinajstić information content (AvgIpc) is 2.86. The first-order chi connectivity index (χ1) is 16.1. The average molecular weight is 456 g/mol. The molecule has 0 N–H and O–H groups in total. The van der Waals surface area contributed by atoms with Crippen LogP contribution in [0.1, 0.15) is 20.8 Å². The SMILES string of the molecule is CCOC(C)=CC=CC(C)=CC[P+](c1ccccc1)(c1ccccc1)C1C=CC=CC1=C=O. The molecular formula is C30H32O2P+. The zero-order valence-corrected chi connectivity index (χ0v) is 20.5. The number of benzene rings is 2. The fourth-order valence-electron chi connectivity index (χ4n) is 4.16. The highest BCUT2D eigenvalue weighted by molar-refractivity contribution is 7.90. The fraction of sp³-hybridized carbons (Fsp3) is 0.200. The van der Waals surface area contributed by atoms with Crippen LogP contribution in [0.3, 0.4) is 0 Å². The molecule has 0 saturated carbocycles. The minimum Gasteiger partial charge on any atom is -0.499 e. The Morgan fingerprint density at radius 2 is 1.64 bits per heavy atom. The van der Waals surface area contributed by atoms with Gasteiger partial charge in [0.25, 0.3) is 0 Å². The maximum absolute atomic E-state index is 12.0. The molecule has 0 aromatic heterocycles. The van der Waals surface area contributed by atoms with Gasteiger partial charge >= 0.3 is 0 Å². The molecule has 2 aromatic rings. The van der Waals surface area contributed by atoms with E-state index in [1.165, 1.54) is 16.2 Å². The summed E-state index contributed by atoms with van der Waals surface area (Å²) in [6.07, 6.45) is 17.4. The van der Waals surface area contributed by atoms with Crippen LogP contribution in [0.2, 0.25) is 0 Å². The van der Waals surface area contributed by atoms with Gasteiger partial charge in [0.1, 0.15) is 22.2 Å². The van der Waals surface area contributed by atoms with E-state index >= 15 is 0 Å². The van der Waals surface area contributed by atoms with Crippen molar-refractivity contribution in [1.82, 2.24) is 0 Å². The van der Waals surface area contributed by atoms with Gasteiger partial charge in [0.15, 0.2) is 0 Å². The lowest BCUT2D eigenvalue weighted by atomic mass is 10.1. The van der Waals surface area contributed by atoms with Crippen molar-refractivity contribution in [3.63, 3.8) is 0 Å². The van der Waals surface area contributed by atoms with Gasteiger partial charge in [-0.05, 0) is 69.3 Å². The number of rotatable bonds is 9. The van der Waals surface area contributed by atoms with Crippen molar-refractivity contribution in [2.24, 2.45) is 0 Å². The van der Waals surface area contributed by atoms with Crippen LogP contribution in [0.25, 0.3) is 0 Å². The maximum Gasteiger partial charge on any atom is 0.133 e. The molecule has 0 fully saturated rings. The predicted octanol–water partition coefficient (Wildman–Crippen LogP) is 6.35. The molecule has 2 aromatic carbocycles. The van der Waals surface area contributed by atoms with E-state index in [1.807, 2.05) is 50.3 Å². The summed E-state index contributed by atoms with van der Waals surface area (Å²) in [4.78, 5) is 12.0. The molecule has 1 aliphatic carbocycles. The molecule has 3 heteroatoms. The van der Waals surface area contributed by atoms with Crippen LogP contribution < -0.4 is 10.6 Å². The summed E-state index contributed by atoms with van der Waals surface area (Å²) >= 11 is 0. The van der Waals surface area contributed by atoms with E-state index < -0.39 is 7.26 Å². The Morgan fingerprint density at radius 3 is 2.21 bits per heavy atom. The van der Waals surface area contributed by atoms with E-state index in [0.717, 1.165) is 17.5 Å². The first-order valence-electron chi connectivity index (χ1n) is 11.3. The molecule has 2 nitrogen and oxygen atoms in total. The molecule has 0 aliphatic heterocycles. The Labute approximate surface area is 198 Å². The Balaban J connectivity index is 2.11. The van der Waals surface area contributed by atoms with Crippen molar-refractivity contribution in [2.45, 2.75) is 26.4 Å². The highest BCUT2D eigenvalue weighted by Gasteiger charge is 2.50. The summed E-state index contributed by atoms with van der Waals surface area (Å²) in [5.74, 6) is 3.15.